The van der Waals surface area contributed by atoms with Crippen molar-refractivity contribution in [3.05, 3.63) is 29.3 Å². The second-order valence-corrected chi connectivity index (χ2v) is 4.33. The zero-order chi connectivity index (χ0) is 14.4. The fraction of sp³-hybridized carbons (Fsp3) is 0.429. The predicted octanol–water partition coefficient (Wildman–Crippen LogP) is 1.89. The monoisotopic (exact) mass is 265 g/mol. The summed E-state index contributed by atoms with van der Waals surface area (Å²) in [5, 5.41) is 18.6. The number of aliphatic carboxylic acids is 1. The first-order valence-corrected chi connectivity index (χ1v) is 6.32. The van der Waals surface area contributed by atoms with Gasteiger partial charge in [0, 0.05) is 6.54 Å². The normalized spacial score (nSPS) is 10.2. The van der Waals surface area contributed by atoms with E-state index in [1.54, 1.807) is 12.1 Å². The largest absolute Gasteiger partial charge is 0.507 e. The number of aryl methyl sites for hydroxylation is 1. The van der Waals surface area contributed by atoms with Crippen LogP contribution < -0.4 is 0 Å². The molecule has 0 radical (unpaired) electrons. The molecule has 5 nitrogen and oxygen atoms in total. The van der Waals surface area contributed by atoms with Crippen molar-refractivity contribution < 1.29 is 19.8 Å². The average Bonchev–Trinajstić information content (AvgIpc) is 2.37. The van der Waals surface area contributed by atoms with E-state index < -0.39 is 11.9 Å². The van der Waals surface area contributed by atoms with Gasteiger partial charge in [-0.1, -0.05) is 19.9 Å². The number of benzene rings is 1. The lowest BCUT2D eigenvalue weighted by molar-refractivity contribution is -0.137. The van der Waals surface area contributed by atoms with Gasteiger partial charge in [-0.2, -0.15) is 0 Å². The first-order valence-electron chi connectivity index (χ1n) is 6.32. The molecule has 1 aromatic rings. The molecule has 1 amide bonds. The number of nitrogens with zero attached hydrogens (tertiary/aromatic N) is 1. The number of hydrogen-bond acceptors (Lipinski definition) is 3. The first-order chi connectivity index (χ1) is 8.99. The Morgan fingerprint density at radius 2 is 1.95 bits per heavy atom. The van der Waals surface area contributed by atoms with E-state index in [0.29, 0.717) is 13.0 Å². The number of hydrogen-bond donors (Lipinski definition) is 2. The Bertz CT molecular complexity index is 471. The molecule has 19 heavy (non-hydrogen) atoms. The van der Waals surface area contributed by atoms with E-state index in [2.05, 4.69) is 0 Å². The molecule has 2 N–H and O–H groups in total. The molecule has 0 spiro atoms. The SMILES string of the molecule is CCCN(CC(=O)O)C(=O)c1cc(CC)ccc1O. The van der Waals surface area contributed by atoms with Gasteiger partial charge in [-0.05, 0) is 30.5 Å². The summed E-state index contributed by atoms with van der Waals surface area (Å²) >= 11 is 0. The van der Waals surface area contributed by atoms with Crippen molar-refractivity contribution in [2.75, 3.05) is 13.1 Å². The van der Waals surface area contributed by atoms with E-state index in [1.807, 2.05) is 13.8 Å². The maximum absolute atomic E-state index is 12.3. The van der Waals surface area contributed by atoms with E-state index in [0.717, 1.165) is 12.0 Å². The highest BCUT2D eigenvalue weighted by Crippen LogP contribution is 2.21. The Labute approximate surface area is 112 Å². The van der Waals surface area contributed by atoms with Gasteiger partial charge in [0.25, 0.3) is 5.91 Å². The summed E-state index contributed by atoms with van der Waals surface area (Å²) in [6.07, 6.45) is 1.40. The number of carboxylic acid groups (broad SMARTS) is 1. The zero-order valence-corrected chi connectivity index (χ0v) is 11.2. The summed E-state index contributed by atoms with van der Waals surface area (Å²) in [4.78, 5) is 24.3. The maximum Gasteiger partial charge on any atom is 0.323 e. The van der Waals surface area contributed by atoms with Gasteiger partial charge in [-0.15, -0.1) is 0 Å². The van der Waals surface area contributed by atoms with Crippen molar-refractivity contribution in [3.63, 3.8) is 0 Å². The van der Waals surface area contributed by atoms with E-state index >= 15 is 0 Å². The summed E-state index contributed by atoms with van der Waals surface area (Å²) in [6, 6.07) is 4.83. The Balaban J connectivity index is 3.04. The Hall–Kier alpha value is -2.04. The number of aromatic hydroxyl groups is 1. The Morgan fingerprint density at radius 1 is 1.26 bits per heavy atom. The molecule has 104 valence electrons. The molecule has 0 fully saturated rings. The van der Waals surface area contributed by atoms with Gasteiger partial charge in [0.05, 0.1) is 5.56 Å². The van der Waals surface area contributed by atoms with Gasteiger partial charge < -0.3 is 15.1 Å². The highest BCUT2D eigenvalue weighted by molar-refractivity contribution is 5.98. The zero-order valence-electron chi connectivity index (χ0n) is 11.2. The van der Waals surface area contributed by atoms with Crippen molar-refractivity contribution in [2.45, 2.75) is 26.7 Å². The minimum Gasteiger partial charge on any atom is -0.507 e. The molecule has 0 bridgehead atoms. The predicted molar refractivity (Wildman–Crippen MR) is 71.3 cm³/mol. The summed E-state index contributed by atoms with van der Waals surface area (Å²) in [6.45, 7) is 3.80. The van der Waals surface area contributed by atoms with Crippen molar-refractivity contribution in [3.8, 4) is 5.75 Å². The molecule has 0 aliphatic heterocycles. The molecule has 0 heterocycles. The van der Waals surface area contributed by atoms with E-state index in [9.17, 15) is 14.7 Å². The van der Waals surface area contributed by atoms with Crippen LogP contribution in [0.1, 0.15) is 36.2 Å². The summed E-state index contributed by atoms with van der Waals surface area (Å²) < 4.78 is 0. The smallest absolute Gasteiger partial charge is 0.323 e. The molecule has 0 aliphatic rings. The molecule has 0 atom stereocenters. The molecule has 0 saturated carbocycles. The Kier molecular flexibility index (Phi) is 5.36. The van der Waals surface area contributed by atoms with Crippen molar-refractivity contribution in [1.29, 1.82) is 0 Å². The highest BCUT2D eigenvalue weighted by atomic mass is 16.4. The number of amides is 1. The summed E-state index contributed by atoms with van der Waals surface area (Å²) in [5.74, 6) is -1.63. The average molecular weight is 265 g/mol. The fourth-order valence-corrected chi connectivity index (χ4v) is 1.83. The fourth-order valence-electron chi connectivity index (χ4n) is 1.83. The molecule has 0 aromatic heterocycles. The van der Waals surface area contributed by atoms with Crippen LogP contribution in [0.25, 0.3) is 0 Å². The molecule has 1 rings (SSSR count). The van der Waals surface area contributed by atoms with Gasteiger partial charge in [0.2, 0.25) is 0 Å². The summed E-state index contributed by atoms with van der Waals surface area (Å²) in [7, 11) is 0. The number of phenolic OH excluding ortho intramolecular Hbond substituents is 1. The lowest BCUT2D eigenvalue weighted by atomic mass is 10.1. The third-order valence-electron chi connectivity index (χ3n) is 2.81. The van der Waals surface area contributed by atoms with Crippen LogP contribution in [0.4, 0.5) is 0 Å². The van der Waals surface area contributed by atoms with Crippen LogP contribution in [0, 0.1) is 0 Å². The molecule has 0 saturated heterocycles. The van der Waals surface area contributed by atoms with Gasteiger partial charge in [0.15, 0.2) is 0 Å². The number of carbonyl (C=O) groups excluding carboxylic acids is 1. The second-order valence-electron chi connectivity index (χ2n) is 4.33. The van der Waals surface area contributed by atoms with E-state index in [4.69, 9.17) is 5.11 Å². The van der Waals surface area contributed by atoms with Gasteiger partial charge in [0.1, 0.15) is 12.3 Å². The van der Waals surface area contributed by atoms with Crippen LogP contribution in [-0.4, -0.2) is 40.1 Å². The third kappa shape index (κ3) is 3.98. The highest BCUT2D eigenvalue weighted by Gasteiger charge is 2.20. The minimum absolute atomic E-state index is 0.117. The Morgan fingerprint density at radius 3 is 2.47 bits per heavy atom. The second kappa shape index (κ2) is 6.78. The van der Waals surface area contributed by atoms with Crippen molar-refractivity contribution >= 4 is 11.9 Å². The number of phenols is 1. The van der Waals surface area contributed by atoms with Crippen LogP contribution in [0.3, 0.4) is 0 Å². The van der Waals surface area contributed by atoms with E-state index in [-0.39, 0.29) is 17.9 Å². The standard InChI is InChI=1S/C14H19NO4/c1-3-7-15(9-13(17)18)14(19)11-8-10(4-2)5-6-12(11)16/h5-6,8,16H,3-4,7,9H2,1-2H3,(H,17,18). The van der Waals surface area contributed by atoms with Crippen molar-refractivity contribution in [1.82, 2.24) is 4.90 Å². The summed E-state index contributed by atoms with van der Waals surface area (Å²) in [5.41, 5.74) is 1.09. The number of carboxylic acids is 1. The molecular weight excluding hydrogens is 246 g/mol. The van der Waals surface area contributed by atoms with Gasteiger partial charge >= 0.3 is 5.97 Å². The van der Waals surface area contributed by atoms with Gasteiger partial charge in [-0.3, -0.25) is 9.59 Å². The number of carbonyl (C=O) groups is 2. The lowest BCUT2D eigenvalue weighted by Gasteiger charge is -2.20. The quantitative estimate of drug-likeness (QED) is 0.823. The molecule has 0 aliphatic carbocycles. The lowest BCUT2D eigenvalue weighted by Crippen LogP contribution is -2.36. The third-order valence-corrected chi connectivity index (χ3v) is 2.81. The van der Waals surface area contributed by atoms with Crippen LogP contribution in [0.15, 0.2) is 18.2 Å². The molecule has 1 aromatic carbocycles. The first kappa shape index (κ1) is 15.0. The van der Waals surface area contributed by atoms with Crippen LogP contribution in [-0.2, 0) is 11.2 Å². The molecule has 0 unspecified atom stereocenters. The van der Waals surface area contributed by atoms with E-state index in [1.165, 1.54) is 11.0 Å². The van der Waals surface area contributed by atoms with Crippen LogP contribution in [0.5, 0.6) is 5.75 Å². The topological polar surface area (TPSA) is 77.8 Å². The van der Waals surface area contributed by atoms with Crippen molar-refractivity contribution in [2.24, 2.45) is 0 Å². The number of rotatable bonds is 6. The van der Waals surface area contributed by atoms with Gasteiger partial charge in [-0.25, -0.2) is 0 Å². The molecule has 5 heteroatoms. The maximum atomic E-state index is 12.3. The van der Waals surface area contributed by atoms with Crippen LogP contribution >= 0.6 is 0 Å². The van der Waals surface area contributed by atoms with Crippen LogP contribution in [0.2, 0.25) is 0 Å². The minimum atomic E-state index is -1.06. The molecular formula is C14H19NO4.